The first kappa shape index (κ1) is 17.8. The quantitative estimate of drug-likeness (QED) is 0.456. The number of rotatable bonds is 5. The molecule has 1 aromatic carbocycles. The summed E-state index contributed by atoms with van der Waals surface area (Å²) in [5.41, 5.74) is 2.48. The zero-order chi connectivity index (χ0) is 18.8. The number of benzene rings is 1. The van der Waals surface area contributed by atoms with Crippen molar-refractivity contribution in [3.63, 3.8) is 0 Å². The molecule has 0 saturated carbocycles. The minimum Gasteiger partial charge on any atom is -0.467 e. The molecular formula is C18H12ClN5OS2. The Morgan fingerprint density at radius 1 is 1.26 bits per heavy atom. The van der Waals surface area contributed by atoms with Gasteiger partial charge in [0.25, 0.3) is 0 Å². The molecule has 0 N–H and O–H groups in total. The summed E-state index contributed by atoms with van der Waals surface area (Å²) in [6.07, 6.45) is 1.63. The Labute approximate surface area is 168 Å². The zero-order valence-electron chi connectivity index (χ0n) is 14.1. The van der Waals surface area contributed by atoms with Crippen molar-refractivity contribution in [1.29, 1.82) is 5.26 Å². The largest absolute Gasteiger partial charge is 0.467 e. The van der Waals surface area contributed by atoms with Gasteiger partial charge in [-0.2, -0.15) is 9.64 Å². The van der Waals surface area contributed by atoms with E-state index in [0.717, 1.165) is 17.1 Å². The Balaban J connectivity index is 1.77. The van der Waals surface area contributed by atoms with Crippen molar-refractivity contribution >= 4 is 34.9 Å². The molecule has 4 rings (SSSR count). The second-order valence-electron chi connectivity index (χ2n) is 5.69. The average molecular weight is 414 g/mol. The number of halogens is 1. The van der Waals surface area contributed by atoms with E-state index >= 15 is 0 Å². The molecule has 0 aliphatic carbocycles. The summed E-state index contributed by atoms with van der Waals surface area (Å²) in [4.78, 5) is 0. The van der Waals surface area contributed by atoms with Crippen LogP contribution in [0.5, 0.6) is 0 Å². The molecule has 4 aromatic rings. The maximum Gasteiger partial charge on any atom is 0.197 e. The lowest BCUT2D eigenvalue weighted by Crippen LogP contribution is -2.03. The van der Waals surface area contributed by atoms with Crippen LogP contribution in [0, 0.1) is 18.3 Å². The van der Waals surface area contributed by atoms with Crippen LogP contribution in [0.1, 0.15) is 16.9 Å². The van der Waals surface area contributed by atoms with E-state index in [4.69, 9.17) is 16.0 Å². The van der Waals surface area contributed by atoms with Crippen LogP contribution >= 0.6 is 34.9 Å². The fourth-order valence-corrected chi connectivity index (χ4v) is 4.56. The molecule has 0 bridgehead atoms. The summed E-state index contributed by atoms with van der Waals surface area (Å²) >= 11 is 8.48. The van der Waals surface area contributed by atoms with Gasteiger partial charge in [0.05, 0.1) is 12.8 Å². The molecule has 0 saturated heterocycles. The van der Waals surface area contributed by atoms with Crippen LogP contribution in [0.15, 0.2) is 56.4 Å². The van der Waals surface area contributed by atoms with Crippen LogP contribution in [0.25, 0.3) is 11.4 Å². The van der Waals surface area contributed by atoms with Crippen molar-refractivity contribution in [2.45, 2.75) is 22.8 Å². The standard InChI is InChI=1S/C18H12ClN5OS2/c1-11-4-6-12(7-5-11)16-21-22-18(24(16)10-13-3-2-8-25-13)26-17-14(9-20)15(19)23-27-17/h2-8H,10H2,1H3. The molecule has 0 atom stereocenters. The van der Waals surface area contributed by atoms with Crippen molar-refractivity contribution in [3.8, 4) is 17.5 Å². The van der Waals surface area contributed by atoms with Gasteiger partial charge in [-0.1, -0.05) is 41.4 Å². The van der Waals surface area contributed by atoms with Crippen LogP contribution in [-0.4, -0.2) is 19.1 Å². The molecule has 3 heterocycles. The van der Waals surface area contributed by atoms with Gasteiger partial charge in [-0.3, -0.25) is 4.57 Å². The molecule has 3 aromatic heterocycles. The van der Waals surface area contributed by atoms with Gasteiger partial charge in [-0.15, -0.1) is 10.2 Å². The molecule has 0 radical (unpaired) electrons. The minimum atomic E-state index is 0.209. The maximum atomic E-state index is 9.31. The van der Waals surface area contributed by atoms with E-state index in [1.54, 1.807) is 6.26 Å². The summed E-state index contributed by atoms with van der Waals surface area (Å²) in [6, 6.07) is 13.9. The molecule has 27 heavy (non-hydrogen) atoms. The maximum absolute atomic E-state index is 9.31. The molecule has 134 valence electrons. The molecular weight excluding hydrogens is 402 g/mol. The lowest BCUT2D eigenvalue weighted by molar-refractivity contribution is 0.485. The number of hydrogen-bond donors (Lipinski definition) is 0. The van der Waals surface area contributed by atoms with Crippen molar-refractivity contribution < 1.29 is 4.42 Å². The molecule has 0 spiro atoms. The summed E-state index contributed by atoms with van der Waals surface area (Å²) in [7, 11) is 0. The second-order valence-corrected chi connectivity index (χ2v) is 8.05. The first-order valence-corrected chi connectivity index (χ1v) is 9.88. The third-order valence-corrected chi connectivity index (χ3v) is 6.20. The fraction of sp³-hybridized carbons (Fsp3) is 0.111. The van der Waals surface area contributed by atoms with Crippen LogP contribution in [0.3, 0.4) is 0 Å². The number of furan rings is 1. The summed E-state index contributed by atoms with van der Waals surface area (Å²) < 4.78 is 12.2. The number of nitrogens with zero attached hydrogens (tertiary/aromatic N) is 5. The predicted molar refractivity (Wildman–Crippen MR) is 104 cm³/mol. The van der Waals surface area contributed by atoms with Crippen molar-refractivity contribution in [1.82, 2.24) is 19.1 Å². The number of aromatic nitrogens is 4. The monoisotopic (exact) mass is 413 g/mol. The Morgan fingerprint density at radius 3 is 2.78 bits per heavy atom. The molecule has 0 fully saturated rings. The molecule has 0 amide bonds. The second kappa shape index (κ2) is 7.56. The number of nitriles is 1. The third kappa shape index (κ3) is 3.62. The average Bonchev–Trinajstić information content (AvgIpc) is 3.39. The highest BCUT2D eigenvalue weighted by molar-refractivity contribution is 8.01. The molecule has 0 unspecified atom stereocenters. The van der Waals surface area contributed by atoms with Crippen LogP contribution in [0.2, 0.25) is 5.15 Å². The normalized spacial score (nSPS) is 10.9. The van der Waals surface area contributed by atoms with Crippen molar-refractivity contribution in [2.24, 2.45) is 0 Å². The predicted octanol–water partition coefficient (Wildman–Crippen LogP) is 5.03. The van der Waals surface area contributed by atoms with Gasteiger partial charge in [0.2, 0.25) is 0 Å². The highest BCUT2D eigenvalue weighted by Crippen LogP contribution is 2.37. The number of hydrogen-bond acceptors (Lipinski definition) is 7. The van der Waals surface area contributed by atoms with E-state index in [-0.39, 0.29) is 5.15 Å². The molecule has 0 aliphatic heterocycles. The van der Waals surface area contributed by atoms with Gasteiger partial charge in [0, 0.05) is 5.56 Å². The van der Waals surface area contributed by atoms with Gasteiger partial charge >= 0.3 is 0 Å². The molecule has 6 nitrogen and oxygen atoms in total. The van der Waals surface area contributed by atoms with Gasteiger partial charge in [-0.05, 0) is 42.4 Å². The van der Waals surface area contributed by atoms with Gasteiger partial charge in [0.15, 0.2) is 16.1 Å². The van der Waals surface area contributed by atoms with E-state index in [1.807, 2.05) is 47.9 Å². The van der Waals surface area contributed by atoms with Gasteiger partial charge < -0.3 is 4.42 Å². The lowest BCUT2D eigenvalue weighted by Gasteiger charge is -2.08. The fourth-order valence-electron chi connectivity index (χ4n) is 2.48. The van der Waals surface area contributed by atoms with Gasteiger partial charge in [0.1, 0.15) is 21.6 Å². The van der Waals surface area contributed by atoms with Crippen LogP contribution in [-0.2, 0) is 6.54 Å². The first-order chi connectivity index (χ1) is 13.2. The molecule has 9 heteroatoms. The van der Waals surface area contributed by atoms with E-state index < -0.39 is 0 Å². The highest BCUT2D eigenvalue weighted by atomic mass is 35.5. The summed E-state index contributed by atoms with van der Waals surface area (Å²) in [5, 5.41) is 18.9. The van der Waals surface area contributed by atoms with Crippen molar-refractivity contribution in [3.05, 3.63) is 64.7 Å². The van der Waals surface area contributed by atoms with E-state index in [1.165, 1.54) is 28.9 Å². The Kier molecular flexibility index (Phi) is 4.99. The van der Waals surface area contributed by atoms with Crippen LogP contribution < -0.4 is 0 Å². The first-order valence-electron chi connectivity index (χ1n) is 7.91. The SMILES string of the molecule is Cc1ccc(-c2nnc(Sc3snc(Cl)c3C#N)n2Cc2ccco2)cc1. The smallest absolute Gasteiger partial charge is 0.197 e. The van der Waals surface area contributed by atoms with E-state index in [9.17, 15) is 5.26 Å². The summed E-state index contributed by atoms with van der Waals surface area (Å²) in [5.74, 6) is 1.51. The van der Waals surface area contributed by atoms with Gasteiger partial charge in [-0.25, -0.2) is 0 Å². The lowest BCUT2D eigenvalue weighted by atomic mass is 10.1. The Bertz CT molecular complexity index is 1110. The van der Waals surface area contributed by atoms with E-state index in [0.29, 0.717) is 21.5 Å². The Hall–Kier alpha value is -2.60. The Morgan fingerprint density at radius 2 is 2.07 bits per heavy atom. The van der Waals surface area contributed by atoms with Crippen LogP contribution in [0.4, 0.5) is 0 Å². The van der Waals surface area contributed by atoms with E-state index in [2.05, 4.69) is 20.6 Å². The molecule has 0 aliphatic rings. The van der Waals surface area contributed by atoms with Crippen molar-refractivity contribution in [2.75, 3.05) is 0 Å². The highest BCUT2D eigenvalue weighted by Gasteiger charge is 2.20. The third-order valence-electron chi connectivity index (χ3n) is 3.84. The minimum absolute atomic E-state index is 0.209. The number of aryl methyl sites for hydroxylation is 1. The zero-order valence-corrected chi connectivity index (χ0v) is 16.5. The summed E-state index contributed by atoms with van der Waals surface area (Å²) in [6.45, 7) is 2.51. The topological polar surface area (TPSA) is 80.5 Å².